The molecule has 0 atom stereocenters. The van der Waals surface area contributed by atoms with Crippen LogP contribution in [0.5, 0.6) is 5.75 Å². The third-order valence-electron chi connectivity index (χ3n) is 5.03. The Morgan fingerprint density at radius 1 is 1.11 bits per heavy atom. The van der Waals surface area contributed by atoms with Crippen molar-refractivity contribution in [3.63, 3.8) is 0 Å². The lowest BCUT2D eigenvalue weighted by Crippen LogP contribution is -2.23. The van der Waals surface area contributed by atoms with Gasteiger partial charge in [0.15, 0.2) is 0 Å². The van der Waals surface area contributed by atoms with Gasteiger partial charge in [-0.05, 0) is 36.5 Å². The first-order valence-electron chi connectivity index (χ1n) is 9.46. The highest BCUT2D eigenvalue weighted by Crippen LogP contribution is 2.31. The molecule has 1 aromatic heterocycles. The van der Waals surface area contributed by atoms with Crippen LogP contribution in [-0.2, 0) is 11.3 Å². The summed E-state index contributed by atoms with van der Waals surface area (Å²) in [6.45, 7) is 3.14. The molecule has 0 unspecified atom stereocenters. The van der Waals surface area contributed by atoms with Gasteiger partial charge in [-0.15, -0.1) is 0 Å². The van der Waals surface area contributed by atoms with Crippen LogP contribution < -0.4 is 15.8 Å². The molecular formula is C22H25N3O2. The summed E-state index contributed by atoms with van der Waals surface area (Å²) in [5.41, 5.74) is 9.85. The van der Waals surface area contributed by atoms with E-state index in [1.54, 1.807) is 6.20 Å². The van der Waals surface area contributed by atoms with Crippen LogP contribution in [0.25, 0.3) is 10.9 Å². The molecule has 1 saturated heterocycles. The van der Waals surface area contributed by atoms with Gasteiger partial charge >= 0.3 is 0 Å². The molecule has 0 saturated carbocycles. The Morgan fingerprint density at radius 3 is 2.74 bits per heavy atom. The lowest BCUT2D eigenvalue weighted by Gasteiger charge is -2.23. The largest absolute Gasteiger partial charge is 0.489 e. The number of fused-ring (bicyclic) bond motifs is 1. The summed E-state index contributed by atoms with van der Waals surface area (Å²) in [5.74, 6) is 1.42. The summed E-state index contributed by atoms with van der Waals surface area (Å²) in [6, 6.07) is 16.1. The number of nitrogens with two attached hydrogens (primary N) is 1. The van der Waals surface area contributed by atoms with Crippen LogP contribution in [0.2, 0.25) is 0 Å². The van der Waals surface area contributed by atoms with E-state index in [1.165, 1.54) is 0 Å². The number of hydrogen-bond acceptors (Lipinski definition) is 5. The maximum Gasteiger partial charge on any atom is 0.122 e. The topological polar surface area (TPSA) is 69.4 Å². The second-order valence-electron chi connectivity index (χ2n) is 6.98. The summed E-state index contributed by atoms with van der Waals surface area (Å²) in [6.07, 6.45) is 3.90. The summed E-state index contributed by atoms with van der Waals surface area (Å²) in [4.78, 5) is 4.49. The Bertz CT molecular complexity index is 893. The second kappa shape index (κ2) is 8.27. The zero-order valence-corrected chi connectivity index (χ0v) is 15.4. The smallest absolute Gasteiger partial charge is 0.122 e. The van der Waals surface area contributed by atoms with Gasteiger partial charge in [0.1, 0.15) is 12.4 Å². The first-order chi connectivity index (χ1) is 13.3. The fourth-order valence-corrected chi connectivity index (χ4v) is 3.41. The molecule has 4 rings (SSSR count). The number of benzene rings is 2. The van der Waals surface area contributed by atoms with E-state index in [4.69, 9.17) is 15.2 Å². The van der Waals surface area contributed by atoms with E-state index in [9.17, 15) is 0 Å². The summed E-state index contributed by atoms with van der Waals surface area (Å²) in [5, 5.41) is 4.56. The quantitative estimate of drug-likeness (QED) is 0.686. The van der Waals surface area contributed by atoms with Gasteiger partial charge in [-0.1, -0.05) is 30.3 Å². The fourth-order valence-electron chi connectivity index (χ4n) is 3.41. The average Bonchev–Trinajstić information content (AvgIpc) is 2.73. The zero-order chi connectivity index (χ0) is 18.5. The van der Waals surface area contributed by atoms with Crippen LogP contribution in [0.1, 0.15) is 18.4 Å². The van der Waals surface area contributed by atoms with E-state index >= 15 is 0 Å². The van der Waals surface area contributed by atoms with Crippen LogP contribution in [0.15, 0.2) is 54.7 Å². The van der Waals surface area contributed by atoms with Gasteiger partial charge < -0.3 is 20.5 Å². The first-order valence-corrected chi connectivity index (χ1v) is 9.46. The molecule has 1 fully saturated rings. The average molecular weight is 363 g/mol. The molecule has 2 aromatic carbocycles. The van der Waals surface area contributed by atoms with Crippen molar-refractivity contribution in [2.45, 2.75) is 19.4 Å². The Labute approximate surface area is 159 Å². The highest BCUT2D eigenvalue weighted by Gasteiger charge is 2.15. The van der Waals surface area contributed by atoms with Crippen molar-refractivity contribution in [2.24, 2.45) is 5.92 Å². The molecule has 2 heterocycles. The van der Waals surface area contributed by atoms with Gasteiger partial charge in [0.25, 0.3) is 0 Å². The van der Waals surface area contributed by atoms with Crippen molar-refractivity contribution < 1.29 is 9.47 Å². The third-order valence-corrected chi connectivity index (χ3v) is 5.03. The van der Waals surface area contributed by atoms with Gasteiger partial charge in [0.2, 0.25) is 0 Å². The van der Waals surface area contributed by atoms with Crippen LogP contribution in [0, 0.1) is 5.92 Å². The van der Waals surface area contributed by atoms with Crippen molar-refractivity contribution in [1.82, 2.24) is 4.98 Å². The number of ether oxygens (including phenoxy) is 2. The number of anilines is 2. The van der Waals surface area contributed by atoms with Crippen molar-refractivity contribution in [2.75, 3.05) is 30.8 Å². The minimum Gasteiger partial charge on any atom is -0.489 e. The molecule has 0 amide bonds. The molecule has 27 heavy (non-hydrogen) atoms. The predicted octanol–water partition coefficient (Wildman–Crippen LogP) is 4.23. The molecule has 1 aliphatic rings. The zero-order valence-electron chi connectivity index (χ0n) is 15.4. The van der Waals surface area contributed by atoms with Crippen LogP contribution in [0.4, 0.5) is 11.4 Å². The standard InChI is InChI=1S/C22H25N3O2/c23-20-14-24-21-12-18(27-15-17-4-2-1-3-5-17)6-7-19(21)22(20)25-13-16-8-10-26-11-9-16/h1-7,12,14,16H,8-11,13,15,23H2,(H,24,25). The first kappa shape index (κ1) is 17.6. The van der Waals surface area contributed by atoms with E-state index < -0.39 is 0 Å². The molecule has 3 aromatic rings. The third kappa shape index (κ3) is 4.31. The number of aromatic nitrogens is 1. The molecular weight excluding hydrogens is 338 g/mol. The molecule has 0 bridgehead atoms. The SMILES string of the molecule is Nc1cnc2cc(OCc3ccccc3)ccc2c1NCC1CCOCC1. The molecule has 5 heteroatoms. The number of nitrogens with one attached hydrogen (secondary N) is 1. The Hall–Kier alpha value is -2.79. The van der Waals surface area contributed by atoms with Crippen molar-refractivity contribution in [1.29, 1.82) is 0 Å². The van der Waals surface area contributed by atoms with Crippen LogP contribution in [-0.4, -0.2) is 24.7 Å². The predicted molar refractivity (Wildman–Crippen MR) is 109 cm³/mol. The van der Waals surface area contributed by atoms with Crippen molar-refractivity contribution >= 4 is 22.3 Å². The Morgan fingerprint density at radius 2 is 1.93 bits per heavy atom. The molecule has 5 nitrogen and oxygen atoms in total. The second-order valence-corrected chi connectivity index (χ2v) is 6.98. The highest BCUT2D eigenvalue weighted by atomic mass is 16.5. The van der Waals surface area contributed by atoms with E-state index in [1.807, 2.05) is 36.4 Å². The number of nitrogens with zero attached hydrogens (tertiary/aromatic N) is 1. The van der Waals surface area contributed by atoms with Gasteiger partial charge in [-0.2, -0.15) is 0 Å². The molecule has 3 N–H and O–H groups in total. The fraction of sp³-hybridized carbons (Fsp3) is 0.318. The lowest BCUT2D eigenvalue weighted by atomic mass is 10.00. The summed E-state index contributed by atoms with van der Waals surface area (Å²) < 4.78 is 11.4. The van der Waals surface area contributed by atoms with E-state index in [0.29, 0.717) is 18.2 Å². The van der Waals surface area contributed by atoms with Gasteiger partial charge in [0.05, 0.1) is 23.1 Å². The molecule has 0 spiro atoms. The highest BCUT2D eigenvalue weighted by molar-refractivity contribution is 5.97. The maximum absolute atomic E-state index is 6.19. The van der Waals surface area contributed by atoms with Crippen LogP contribution in [0.3, 0.4) is 0 Å². The molecule has 1 aliphatic heterocycles. The van der Waals surface area contributed by atoms with Crippen LogP contribution >= 0.6 is 0 Å². The summed E-state index contributed by atoms with van der Waals surface area (Å²) in [7, 11) is 0. The van der Waals surface area contributed by atoms with E-state index in [-0.39, 0.29) is 0 Å². The number of rotatable bonds is 6. The van der Waals surface area contributed by atoms with Crippen molar-refractivity contribution in [3.05, 3.63) is 60.3 Å². The normalized spacial score (nSPS) is 15.0. The van der Waals surface area contributed by atoms with Gasteiger partial charge in [0, 0.05) is 31.2 Å². The van der Waals surface area contributed by atoms with Crippen molar-refractivity contribution in [3.8, 4) is 5.75 Å². The minimum atomic E-state index is 0.538. The van der Waals surface area contributed by atoms with E-state index in [2.05, 4.69) is 22.4 Å². The number of nitrogen functional groups attached to an aromatic ring is 1. The molecule has 0 aliphatic carbocycles. The number of pyridine rings is 1. The number of hydrogen-bond donors (Lipinski definition) is 2. The maximum atomic E-state index is 6.19. The Kier molecular flexibility index (Phi) is 5.39. The Balaban J connectivity index is 1.49. The molecule has 140 valence electrons. The lowest BCUT2D eigenvalue weighted by molar-refractivity contribution is 0.0699. The van der Waals surface area contributed by atoms with Gasteiger partial charge in [-0.3, -0.25) is 4.98 Å². The van der Waals surface area contributed by atoms with E-state index in [0.717, 1.165) is 60.5 Å². The molecule has 0 radical (unpaired) electrons. The van der Waals surface area contributed by atoms with Gasteiger partial charge in [-0.25, -0.2) is 0 Å². The summed E-state index contributed by atoms with van der Waals surface area (Å²) >= 11 is 0. The minimum absolute atomic E-state index is 0.538. The monoisotopic (exact) mass is 363 g/mol.